The third-order valence-electron chi connectivity index (χ3n) is 8.37. The predicted octanol–water partition coefficient (Wildman–Crippen LogP) is -8.90. The van der Waals surface area contributed by atoms with Crippen LogP contribution in [0, 0.1) is 0 Å². The molecular formula is C23H46N6O13. The van der Waals surface area contributed by atoms with Gasteiger partial charge < -0.3 is 98.6 Å². The number of aliphatic hydroxyl groups excluding tert-OH is 7. The van der Waals surface area contributed by atoms with Crippen LogP contribution in [0.1, 0.15) is 6.42 Å². The topological polar surface area (TPSA) is 353 Å². The molecule has 0 unspecified atom stereocenters. The Kier molecular flexibility index (Phi) is 11.5. The Morgan fingerprint density at radius 1 is 0.524 bits per heavy atom. The van der Waals surface area contributed by atoms with Gasteiger partial charge in [0.1, 0.15) is 67.1 Å². The summed E-state index contributed by atoms with van der Waals surface area (Å²) in [5.74, 6) is 0. The molecule has 4 aliphatic rings. The van der Waals surface area contributed by atoms with E-state index in [1.165, 1.54) is 0 Å². The van der Waals surface area contributed by atoms with Crippen LogP contribution >= 0.6 is 0 Å². The second-order valence-electron chi connectivity index (χ2n) is 11.2. The molecule has 42 heavy (non-hydrogen) atoms. The average molecular weight is 615 g/mol. The smallest absolute Gasteiger partial charge is 0.187 e. The molecule has 0 radical (unpaired) electrons. The van der Waals surface area contributed by atoms with E-state index < -0.39 is 123 Å². The van der Waals surface area contributed by atoms with E-state index in [0.29, 0.717) is 0 Å². The van der Waals surface area contributed by atoms with Crippen LogP contribution in [0.25, 0.3) is 0 Å². The molecular weight excluding hydrogens is 568 g/mol. The molecule has 1 saturated carbocycles. The number of ether oxygens (including phenoxy) is 6. The van der Waals surface area contributed by atoms with Gasteiger partial charge in [-0.25, -0.2) is 0 Å². The van der Waals surface area contributed by atoms with Crippen LogP contribution in [-0.4, -0.2) is 172 Å². The summed E-state index contributed by atoms with van der Waals surface area (Å²) in [6, 6.07) is -4.18. The van der Waals surface area contributed by atoms with Crippen molar-refractivity contribution in [1.29, 1.82) is 0 Å². The van der Waals surface area contributed by atoms with Crippen LogP contribution < -0.4 is 34.4 Å². The second kappa shape index (κ2) is 14.1. The maximum Gasteiger partial charge on any atom is 0.187 e. The molecule has 4 rings (SSSR count). The van der Waals surface area contributed by atoms with Crippen LogP contribution in [-0.2, 0) is 28.4 Å². The average Bonchev–Trinajstić information content (AvgIpc) is 3.27. The van der Waals surface area contributed by atoms with Gasteiger partial charge in [0.15, 0.2) is 18.9 Å². The maximum absolute atomic E-state index is 11.1. The molecule has 1 aliphatic carbocycles. The van der Waals surface area contributed by atoms with E-state index in [1.807, 2.05) is 0 Å². The van der Waals surface area contributed by atoms with Gasteiger partial charge in [-0.1, -0.05) is 0 Å². The fraction of sp³-hybridized carbons (Fsp3) is 1.00. The van der Waals surface area contributed by atoms with Crippen molar-refractivity contribution in [3.05, 3.63) is 0 Å². The van der Waals surface area contributed by atoms with Crippen molar-refractivity contribution in [2.75, 3.05) is 19.7 Å². The Balaban J connectivity index is 1.50. The van der Waals surface area contributed by atoms with Crippen molar-refractivity contribution >= 4 is 0 Å². The van der Waals surface area contributed by atoms with Crippen LogP contribution in [0.4, 0.5) is 0 Å². The van der Waals surface area contributed by atoms with Gasteiger partial charge >= 0.3 is 0 Å². The van der Waals surface area contributed by atoms with Gasteiger partial charge in [-0.05, 0) is 6.42 Å². The summed E-state index contributed by atoms with van der Waals surface area (Å²) >= 11 is 0. The second-order valence-corrected chi connectivity index (χ2v) is 11.2. The molecule has 3 heterocycles. The summed E-state index contributed by atoms with van der Waals surface area (Å²) in [5.41, 5.74) is 35.6. The van der Waals surface area contributed by atoms with Crippen molar-refractivity contribution in [3.8, 4) is 0 Å². The summed E-state index contributed by atoms with van der Waals surface area (Å²) in [4.78, 5) is 0. The fourth-order valence-electron chi connectivity index (χ4n) is 5.74. The van der Waals surface area contributed by atoms with E-state index in [4.69, 9.17) is 62.8 Å². The molecule has 19 nitrogen and oxygen atoms in total. The first kappa shape index (κ1) is 34.1. The molecule has 0 amide bonds. The Bertz CT molecular complexity index is 868. The quantitative estimate of drug-likeness (QED) is 0.115. The lowest BCUT2D eigenvalue weighted by Gasteiger charge is -2.47. The fourth-order valence-corrected chi connectivity index (χ4v) is 5.74. The number of hydrogen-bond donors (Lipinski definition) is 13. The SMILES string of the molecule is NC[C@@H]1O[C@@H](O[C@@H]2[C@H](O[C@H]3O[C@H](CO)[C@@H](O[C@@H]4O[C@@H](CN)[C@H](O)[C@H](O)[C@@H]4N)[C@H]3O)[C@@H](O)[C@@H](N)C[C@@H]2N)[C@@H](N)[C@@H](O)[C@H]1O. The lowest BCUT2D eigenvalue weighted by Crippen LogP contribution is -2.68. The Labute approximate surface area is 241 Å². The van der Waals surface area contributed by atoms with Crippen LogP contribution in [0.15, 0.2) is 0 Å². The summed E-state index contributed by atoms with van der Waals surface area (Å²) in [5, 5.41) is 73.0. The van der Waals surface area contributed by atoms with Crippen LogP contribution in [0.3, 0.4) is 0 Å². The lowest BCUT2D eigenvalue weighted by atomic mass is 9.84. The van der Waals surface area contributed by atoms with Crippen molar-refractivity contribution in [3.63, 3.8) is 0 Å². The number of aliphatic hydroxyl groups is 7. The first-order valence-electron chi connectivity index (χ1n) is 13.9. The highest BCUT2D eigenvalue weighted by molar-refractivity contribution is 5.02. The van der Waals surface area contributed by atoms with E-state index in [-0.39, 0.29) is 19.5 Å². The van der Waals surface area contributed by atoms with Crippen molar-refractivity contribution in [2.24, 2.45) is 34.4 Å². The summed E-state index contributed by atoms with van der Waals surface area (Å²) in [7, 11) is 0. The zero-order chi connectivity index (χ0) is 31.0. The Morgan fingerprint density at radius 2 is 0.976 bits per heavy atom. The van der Waals surface area contributed by atoms with Gasteiger partial charge in [0.2, 0.25) is 0 Å². The van der Waals surface area contributed by atoms with E-state index in [0.717, 1.165) is 0 Å². The minimum Gasteiger partial charge on any atom is -0.394 e. The van der Waals surface area contributed by atoms with Gasteiger partial charge in [-0.15, -0.1) is 0 Å². The molecule has 3 saturated heterocycles. The highest BCUT2D eigenvalue weighted by atomic mass is 16.8. The molecule has 246 valence electrons. The van der Waals surface area contributed by atoms with E-state index >= 15 is 0 Å². The van der Waals surface area contributed by atoms with Crippen molar-refractivity contribution in [1.82, 2.24) is 0 Å². The maximum atomic E-state index is 11.1. The minimum absolute atomic E-state index is 0.0889. The molecule has 19 heteroatoms. The summed E-state index contributed by atoms with van der Waals surface area (Å²) < 4.78 is 34.6. The molecule has 3 aliphatic heterocycles. The molecule has 0 aromatic carbocycles. The Hall–Kier alpha value is -0.760. The van der Waals surface area contributed by atoms with Gasteiger partial charge in [0.05, 0.1) is 24.8 Å². The van der Waals surface area contributed by atoms with Gasteiger partial charge in [-0.3, -0.25) is 0 Å². The van der Waals surface area contributed by atoms with Crippen molar-refractivity contribution < 1.29 is 64.2 Å². The minimum atomic E-state index is -1.60. The Morgan fingerprint density at radius 3 is 1.45 bits per heavy atom. The monoisotopic (exact) mass is 614 g/mol. The first-order valence-corrected chi connectivity index (χ1v) is 13.9. The van der Waals surface area contributed by atoms with Crippen LogP contribution in [0.2, 0.25) is 0 Å². The molecule has 0 aromatic heterocycles. The molecule has 19 N–H and O–H groups in total. The highest BCUT2D eigenvalue weighted by Crippen LogP contribution is 2.34. The molecule has 0 aromatic rings. The first-order chi connectivity index (χ1) is 19.8. The lowest BCUT2D eigenvalue weighted by molar-refractivity contribution is -0.306. The standard InChI is InChI=1S/C23H46N6O13/c24-2-7-13(32)15(34)10(28)21(37-7)40-18-6(27)1-5(26)12(31)20(18)42-23-17(36)19(9(4-30)39-23)41-22-11(29)16(35)14(33)8(3-25)38-22/h5-23,30-36H,1-4,24-29H2/t5-,6-,7-,8-,9+,10-,11-,12-,13-,14-,15+,16+,17+,18-,19+,20+,21-,22-,23+/m0/s1. The van der Waals surface area contributed by atoms with Crippen LogP contribution in [0.5, 0.6) is 0 Å². The predicted molar refractivity (Wildman–Crippen MR) is 138 cm³/mol. The van der Waals surface area contributed by atoms with E-state index in [9.17, 15) is 35.7 Å². The zero-order valence-electron chi connectivity index (χ0n) is 22.8. The largest absolute Gasteiger partial charge is 0.394 e. The molecule has 19 atom stereocenters. The highest BCUT2D eigenvalue weighted by Gasteiger charge is 2.54. The third kappa shape index (κ3) is 6.60. The number of nitrogens with two attached hydrogens (primary N) is 6. The normalized spacial score (nSPS) is 53.8. The third-order valence-corrected chi connectivity index (χ3v) is 8.37. The number of hydrogen-bond acceptors (Lipinski definition) is 19. The van der Waals surface area contributed by atoms with E-state index in [1.54, 1.807) is 0 Å². The summed E-state index contributed by atoms with van der Waals surface area (Å²) in [6.45, 7) is -0.967. The molecule has 0 spiro atoms. The summed E-state index contributed by atoms with van der Waals surface area (Å²) in [6.07, 6.45) is -19.8. The molecule has 0 bridgehead atoms. The van der Waals surface area contributed by atoms with Gasteiger partial charge in [0.25, 0.3) is 0 Å². The number of rotatable bonds is 9. The zero-order valence-corrected chi connectivity index (χ0v) is 22.8. The van der Waals surface area contributed by atoms with Crippen molar-refractivity contribution in [2.45, 2.75) is 123 Å². The van der Waals surface area contributed by atoms with E-state index in [2.05, 4.69) is 0 Å². The van der Waals surface area contributed by atoms with Gasteiger partial charge in [0, 0.05) is 25.2 Å². The molecule has 4 fully saturated rings. The van der Waals surface area contributed by atoms with Gasteiger partial charge in [-0.2, -0.15) is 0 Å².